The fraction of sp³-hybridized carbons (Fsp3) is 0.700. The number of halogens is 2. The van der Waals surface area contributed by atoms with Crippen LogP contribution in [0.3, 0.4) is 0 Å². The lowest BCUT2D eigenvalue weighted by atomic mass is 9.86. The minimum atomic E-state index is -1.86. The summed E-state index contributed by atoms with van der Waals surface area (Å²) >= 11 is 5.97. The number of benzene rings is 1. The van der Waals surface area contributed by atoms with Crippen molar-refractivity contribution in [1.29, 1.82) is 0 Å². The molecule has 2 saturated heterocycles. The molecule has 33 heavy (non-hydrogen) atoms. The molecule has 0 bridgehead atoms. The molecule has 11 atom stereocenters. The predicted octanol–water partition coefficient (Wildman–Crippen LogP) is -2.09. The smallest absolute Gasteiger partial charge is 0.197 e. The van der Waals surface area contributed by atoms with Gasteiger partial charge in [0.05, 0.1) is 11.6 Å². The van der Waals surface area contributed by atoms with Crippen molar-refractivity contribution in [2.45, 2.75) is 74.3 Å². The van der Waals surface area contributed by atoms with Crippen molar-refractivity contribution in [1.82, 2.24) is 0 Å². The van der Waals surface area contributed by atoms with Gasteiger partial charge in [-0.05, 0) is 19.1 Å². The summed E-state index contributed by atoms with van der Waals surface area (Å²) in [6.45, 7) is 0.907. The average molecular weight is 499 g/mol. The van der Waals surface area contributed by atoms with E-state index in [1.807, 2.05) is 0 Å². The van der Waals surface area contributed by atoms with Crippen LogP contribution in [0.2, 0.25) is 5.02 Å². The summed E-state index contributed by atoms with van der Waals surface area (Å²) in [5.74, 6) is -1.24. The Labute approximate surface area is 193 Å². The zero-order valence-electron chi connectivity index (χ0n) is 17.5. The standard InChI is InChI=1S/C20H28ClFO11/c1-2-30-20-19(32-16-7(21)4-3-5-8(16)22)14(28)13(27)18(33-20)15(29)17-12(26)11(25)10(24)9(6-23)31-17/h3-5,9-15,17-20,23-29H,2,6H2,1H3/t9-,10-,11+,12-,13+,14+,15?,17-,18+,19-,20+/m1/s1. The molecule has 3 rings (SSSR count). The van der Waals surface area contributed by atoms with E-state index >= 15 is 0 Å². The lowest BCUT2D eigenvalue weighted by Gasteiger charge is -2.47. The molecule has 0 aliphatic carbocycles. The maximum atomic E-state index is 14.2. The first-order chi connectivity index (χ1) is 15.6. The van der Waals surface area contributed by atoms with E-state index in [4.69, 9.17) is 30.5 Å². The lowest BCUT2D eigenvalue weighted by Crippen LogP contribution is -2.68. The second-order valence-corrected chi connectivity index (χ2v) is 8.23. The van der Waals surface area contributed by atoms with Crippen LogP contribution in [-0.2, 0) is 14.2 Å². The molecule has 1 aromatic carbocycles. The average Bonchev–Trinajstić information content (AvgIpc) is 2.78. The second kappa shape index (κ2) is 11.1. The summed E-state index contributed by atoms with van der Waals surface area (Å²) in [7, 11) is 0. The van der Waals surface area contributed by atoms with Crippen molar-refractivity contribution >= 4 is 11.6 Å². The molecule has 2 aliphatic rings. The third-order valence-electron chi connectivity index (χ3n) is 5.69. The van der Waals surface area contributed by atoms with Crippen LogP contribution < -0.4 is 4.74 Å². The third-order valence-corrected chi connectivity index (χ3v) is 5.99. The van der Waals surface area contributed by atoms with Gasteiger partial charge in [0.1, 0.15) is 54.9 Å². The lowest BCUT2D eigenvalue weighted by molar-refractivity contribution is -0.324. The van der Waals surface area contributed by atoms with Crippen molar-refractivity contribution in [3.63, 3.8) is 0 Å². The maximum Gasteiger partial charge on any atom is 0.197 e. The van der Waals surface area contributed by atoms with Crippen LogP contribution in [0.5, 0.6) is 5.75 Å². The van der Waals surface area contributed by atoms with E-state index in [9.17, 15) is 40.1 Å². The van der Waals surface area contributed by atoms with E-state index in [-0.39, 0.29) is 11.6 Å². The van der Waals surface area contributed by atoms with Gasteiger partial charge >= 0.3 is 0 Å². The Morgan fingerprint density at radius 1 is 1.00 bits per heavy atom. The van der Waals surface area contributed by atoms with Crippen LogP contribution in [0.4, 0.5) is 4.39 Å². The summed E-state index contributed by atoms with van der Waals surface area (Å²) in [6, 6.07) is 3.78. The third kappa shape index (κ3) is 5.26. The maximum absolute atomic E-state index is 14.2. The van der Waals surface area contributed by atoms with Gasteiger partial charge in [-0.3, -0.25) is 0 Å². The SMILES string of the molecule is CCO[C@H]1O[C@H](C(O)[C@@H]2O[C@H](CO)[C@@H](O)[C@H](O)[C@H]2O)[C@@H](O)[C@H](O)[C@H]1Oc1c(F)cccc1Cl. The Kier molecular flexibility index (Phi) is 8.86. The highest BCUT2D eigenvalue weighted by Crippen LogP contribution is 2.35. The summed E-state index contributed by atoms with van der Waals surface area (Å²) in [5, 5.41) is 71.5. The number of ether oxygens (including phenoxy) is 4. The number of hydrogen-bond donors (Lipinski definition) is 7. The van der Waals surface area contributed by atoms with E-state index < -0.39 is 85.5 Å². The Morgan fingerprint density at radius 2 is 1.64 bits per heavy atom. The second-order valence-electron chi connectivity index (χ2n) is 7.82. The van der Waals surface area contributed by atoms with E-state index in [0.29, 0.717) is 0 Å². The highest BCUT2D eigenvalue weighted by Gasteiger charge is 2.54. The van der Waals surface area contributed by atoms with E-state index in [1.54, 1.807) is 6.92 Å². The molecule has 13 heteroatoms. The fourth-order valence-electron chi connectivity index (χ4n) is 3.90. The van der Waals surface area contributed by atoms with Gasteiger partial charge in [0.25, 0.3) is 0 Å². The van der Waals surface area contributed by atoms with Crippen molar-refractivity contribution < 1.29 is 59.1 Å². The largest absolute Gasteiger partial charge is 0.478 e. The number of para-hydroxylation sites is 1. The summed E-state index contributed by atoms with van der Waals surface area (Å²) in [6.07, 6.45) is -18.2. The molecule has 0 saturated carbocycles. The molecular weight excluding hydrogens is 471 g/mol. The number of hydrogen-bond acceptors (Lipinski definition) is 11. The van der Waals surface area contributed by atoms with Crippen molar-refractivity contribution in [2.75, 3.05) is 13.2 Å². The first-order valence-corrected chi connectivity index (χ1v) is 10.7. The Hall–Kier alpha value is -1.16. The molecule has 1 aromatic rings. The summed E-state index contributed by atoms with van der Waals surface area (Å²) in [5.41, 5.74) is 0. The summed E-state index contributed by atoms with van der Waals surface area (Å²) in [4.78, 5) is 0. The summed E-state index contributed by atoms with van der Waals surface area (Å²) < 4.78 is 36.0. The van der Waals surface area contributed by atoms with Gasteiger partial charge in [-0.25, -0.2) is 4.39 Å². The highest BCUT2D eigenvalue weighted by molar-refractivity contribution is 6.32. The quantitative estimate of drug-likeness (QED) is 0.219. The molecule has 0 spiro atoms. The molecule has 2 heterocycles. The van der Waals surface area contributed by atoms with Gasteiger partial charge in [-0.1, -0.05) is 17.7 Å². The van der Waals surface area contributed by atoms with Crippen LogP contribution in [0, 0.1) is 5.82 Å². The van der Waals surface area contributed by atoms with Gasteiger partial charge in [0.15, 0.2) is 24.0 Å². The molecule has 2 fully saturated rings. The van der Waals surface area contributed by atoms with Crippen LogP contribution in [0.15, 0.2) is 18.2 Å². The van der Waals surface area contributed by atoms with Crippen LogP contribution in [0.1, 0.15) is 6.92 Å². The Balaban J connectivity index is 1.83. The van der Waals surface area contributed by atoms with Crippen LogP contribution >= 0.6 is 11.6 Å². The Morgan fingerprint density at radius 3 is 2.24 bits per heavy atom. The molecule has 0 aromatic heterocycles. The molecule has 2 aliphatic heterocycles. The van der Waals surface area contributed by atoms with Crippen LogP contribution in [-0.4, -0.2) is 116 Å². The molecule has 7 N–H and O–H groups in total. The zero-order valence-corrected chi connectivity index (χ0v) is 18.3. The Bertz CT molecular complexity index is 766. The van der Waals surface area contributed by atoms with E-state index in [1.165, 1.54) is 12.1 Å². The van der Waals surface area contributed by atoms with Crippen LogP contribution in [0.25, 0.3) is 0 Å². The molecule has 0 amide bonds. The molecule has 1 unspecified atom stereocenters. The highest BCUT2D eigenvalue weighted by atomic mass is 35.5. The van der Waals surface area contributed by atoms with E-state index in [2.05, 4.69) is 0 Å². The minimum Gasteiger partial charge on any atom is -0.478 e. The van der Waals surface area contributed by atoms with Gasteiger partial charge in [0.2, 0.25) is 0 Å². The van der Waals surface area contributed by atoms with Crippen molar-refractivity contribution in [3.8, 4) is 5.75 Å². The normalized spacial score (nSPS) is 40.4. The molecule has 11 nitrogen and oxygen atoms in total. The van der Waals surface area contributed by atoms with Gasteiger partial charge in [-0.15, -0.1) is 0 Å². The monoisotopic (exact) mass is 498 g/mol. The van der Waals surface area contributed by atoms with E-state index in [0.717, 1.165) is 6.07 Å². The molecular formula is C20H28ClFO11. The van der Waals surface area contributed by atoms with Crippen molar-refractivity contribution in [2.24, 2.45) is 0 Å². The van der Waals surface area contributed by atoms with Gasteiger partial charge in [0, 0.05) is 6.61 Å². The number of rotatable bonds is 7. The van der Waals surface area contributed by atoms with Crippen molar-refractivity contribution in [3.05, 3.63) is 29.0 Å². The zero-order chi connectivity index (χ0) is 24.4. The predicted molar refractivity (Wildman–Crippen MR) is 108 cm³/mol. The topological polar surface area (TPSA) is 179 Å². The van der Waals surface area contributed by atoms with Gasteiger partial charge < -0.3 is 54.7 Å². The molecule has 0 radical (unpaired) electrons. The number of aliphatic hydroxyl groups is 7. The minimum absolute atomic E-state index is 0.0429. The first-order valence-electron chi connectivity index (χ1n) is 10.3. The van der Waals surface area contributed by atoms with Gasteiger partial charge in [-0.2, -0.15) is 0 Å². The fourth-order valence-corrected chi connectivity index (χ4v) is 4.11. The number of aliphatic hydroxyl groups excluding tert-OH is 7. The first kappa shape index (κ1) is 26.4. The molecule has 188 valence electrons.